The second kappa shape index (κ2) is 6.50. The smallest absolute Gasteiger partial charge is 0.354 e. The molecule has 0 fully saturated rings. The van der Waals surface area contributed by atoms with Crippen molar-refractivity contribution in [2.24, 2.45) is 4.99 Å². The van der Waals surface area contributed by atoms with Crippen LogP contribution in [-0.2, 0) is 11.3 Å². The van der Waals surface area contributed by atoms with Gasteiger partial charge in [-0.1, -0.05) is 41.4 Å². The number of carbonyl (C=O) groups is 1. The molecule has 0 aliphatic rings. The number of halogens is 2. The fourth-order valence-electron chi connectivity index (χ4n) is 1.59. The maximum Gasteiger partial charge on any atom is 0.354 e. The first-order valence-corrected chi connectivity index (χ1v) is 6.46. The van der Waals surface area contributed by atoms with E-state index in [1.807, 2.05) is 0 Å². The van der Waals surface area contributed by atoms with Crippen LogP contribution >= 0.6 is 23.2 Å². The first-order chi connectivity index (χ1) is 9.56. The van der Waals surface area contributed by atoms with Gasteiger partial charge < -0.3 is 5.11 Å². The fourth-order valence-corrected chi connectivity index (χ4v) is 1.89. The summed E-state index contributed by atoms with van der Waals surface area (Å²) in [5, 5.41) is 10.1. The molecule has 0 saturated heterocycles. The Bertz CT molecular complexity index is 654. The van der Waals surface area contributed by atoms with Gasteiger partial charge in [-0.25, -0.2) is 9.78 Å². The summed E-state index contributed by atoms with van der Waals surface area (Å²) in [6.07, 6.45) is 1.56. The van der Waals surface area contributed by atoms with Gasteiger partial charge in [-0.3, -0.25) is 4.99 Å². The van der Waals surface area contributed by atoms with Crippen molar-refractivity contribution in [1.29, 1.82) is 0 Å². The molecular formula is C14H10Cl2N2O2. The van der Waals surface area contributed by atoms with E-state index in [1.165, 1.54) is 0 Å². The zero-order valence-electron chi connectivity index (χ0n) is 10.3. The van der Waals surface area contributed by atoms with E-state index < -0.39 is 5.97 Å². The number of aliphatic imine (C=N–C) groups is 1. The molecule has 2 rings (SSSR count). The average molecular weight is 309 g/mol. The highest BCUT2D eigenvalue weighted by Crippen LogP contribution is 2.13. The standard InChI is InChI=1S/C14H10Cl2N2O2/c15-11-3-1-2-10(6-11)13(14(19)20)18-8-9-4-5-12(16)17-7-9/h1-7H,8H2,(H,19,20). The van der Waals surface area contributed by atoms with Crippen molar-refractivity contribution in [2.75, 3.05) is 0 Å². The molecule has 102 valence electrons. The van der Waals surface area contributed by atoms with Crippen LogP contribution in [0.2, 0.25) is 10.2 Å². The van der Waals surface area contributed by atoms with E-state index >= 15 is 0 Å². The highest BCUT2D eigenvalue weighted by molar-refractivity contribution is 6.43. The van der Waals surface area contributed by atoms with Crippen molar-refractivity contribution in [1.82, 2.24) is 4.98 Å². The highest BCUT2D eigenvalue weighted by atomic mass is 35.5. The molecule has 1 heterocycles. The second-order valence-corrected chi connectivity index (χ2v) is 4.79. The Kier molecular flexibility index (Phi) is 4.71. The van der Waals surface area contributed by atoms with Crippen molar-refractivity contribution in [3.8, 4) is 0 Å². The maximum atomic E-state index is 11.3. The van der Waals surface area contributed by atoms with Crippen LogP contribution in [0, 0.1) is 0 Å². The van der Waals surface area contributed by atoms with Crippen LogP contribution < -0.4 is 0 Å². The number of benzene rings is 1. The maximum absolute atomic E-state index is 11.3. The molecule has 20 heavy (non-hydrogen) atoms. The number of pyridine rings is 1. The van der Waals surface area contributed by atoms with Crippen molar-refractivity contribution >= 4 is 34.9 Å². The van der Waals surface area contributed by atoms with Crippen molar-refractivity contribution in [3.63, 3.8) is 0 Å². The average Bonchev–Trinajstić information content (AvgIpc) is 2.41. The SMILES string of the molecule is O=C(O)C(=NCc1ccc(Cl)nc1)c1cccc(Cl)c1. The largest absolute Gasteiger partial charge is 0.477 e. The minimum Gasteiger partial charge on any atom is -0.477 e. The Morgan fingerprint density at radius 3 is 2.65 bits per heavy atom. The molecule has 2 aromatic rings. The third-order valence-electron chi connectivity index (χ3n) is 2.51. The Morgan fingerprint density at radius 1 is 1.25 bits per heavy atom. The van der Waals surface area contributed by atoms with E-state index in [0.29, 0.717) is 15.7 Å². The molecule has 6 heteroatoms. The third kappa shape index (κ3) is 3.79. The van der Waals surface area contributed by atoms with Crippen LogP contribution in [-0.4, -0.2) is 21.8 Å². The first kappa shape index (κ1) is 14.5. The molecule has 1 aromatic carbocycles. The van der Waals surface area contributed by atoms with E-state index in [4.69, 9.17) is 23.2 Å². The number of aromatic nitrogens is 1. The molecule has 0 radical (unpaired) electrons. The number of rotatable bonds is 4. The van der Waals surface area contributed by atoms with Gasteiger partial charge in [0, 0.05) is 16.8 Å². The van der Waals surface area contributed by atoms with Crippen molar-refractivity contribution in [2.45, 2.75) is 6.54 Å². The van der Waals surface area contributed by atoms with Crippen LogP contribution in [0.5, 0.6) is 0 Å². The minimum absolute atomic E-state index is 0.0394. The van der Waals surface area contributed by atoms with Gasteiger partial charge in [0.15, 0.2) is 5.71 Å². The predicted molar refractivity (Wildman–Crippen MR) is 78.6 cm³/mol. The van der Waals surface area contributed by atoms with E-state index in [9.17, 15) is 9.90 Å². The lowest BCUT2D eigenvalue weighted by Gasteiger charge is -2.03. The van der Waals surface area contributed by atoms with E-state index in [1.54, 1.807) is 42.6 Å². The zero-order chi connectivity index (χ0) is 14.5. The molecule has 0 atom stereocenters. The van der Waals surface area contributed by atoms with Gasteiger partial charge in [-0.2, -0.15) is 0 Å². The summed E-state index contributed by atoms with van der Waals surface area (Å²) in [7, 11) is 0. The lowest BCUT2D eigenvalue weighted by molar-refractivity contribution is -0.129. The fraction of sp³-hybridized carbons (Fsp3) is 0.0714. The van der Waals surface area contributed by atoms with Crippen molar-refractivity contribution in [3.05, 3.63) is 63.9 Å². The van der Waals surface area contributed by atoms with E-state index in [0.717, 1.165) is 5.56 Å². The lowest BCUT2D eigenvalue weighted by atomic mass is 10.1. The topological polar surface area (TPSA) is 62.5 Å². The number of carboxylic acid groups (broad SMARTS) is 1. The molecule has 0 amide bonds. The molecule has 1 aromatic heterocycles. The third-order valence-corrected chi connectivity index (χ3v) is 2.97. The highest BCUT2D eigenvalue weighted by Gasteiger charge is 2.12. The quantitative estimate of drug-likeness (QED) is 0.695. The predicted octanol–water partition coefficient (Wildman–Crippen LogP) is 3.46. The van der Waals surface area contributed by atoms with Gasteiger partial charge in [0.2, 0.25) is 0 Å². The molecule has 4 nitrogen and oxygen atoms in total. The first-order valence-electron chi connectivity index (χ1n) is 5.70. The van der Waals surface area contributed by atoms with Crippen LogP contribution in [0.1, 0.15) is 11.1 Å². The van der Waals surface area contributed by atoms with Crippen LogP contribution in [0.25, 0.3) is 0 Å². The van der Waals surface area contributed by atoms with Crippen molar-refractivity contribution < 1.29 is 9.90 Å². The van der Waals surface area contributed by atoms with Gasteiger partial charge in [0.05, 0.1) is 6.54 Å². The summed E-state index contributed by atoms with van der Waals surface area (Å²) in [5.74, 6) is -1.10. The van der Waals surface area contributed by atoms with Gasteiger partial charge >= 0.3 is 5.97 Å². The Balaban J connectivity index is 2.27. The molecule has 0 saturated carbocycles. The number of hydrogen-bond donors (Lipinski definition) is 1. The van der Waals surface area contributed by atoms with Gasteiger partial charge in [0.1, 0.15) is 5.15 Å². The summed E-state index contributed by atoms with van der Waals surface area (Å²) in [5.41, 5.74) is 1.20. The molecule has 0 unspecified atom stereocenters. The number of aliphatic carboxylic acids is 1. The number of nitrogens with zero attached hydrogens (tertiary/aromatic N) is 2. The number of hydrogen-bond acceptors (Lipinski definition) is 3. The summed E-state index contributed by atoms with van der Waals surface area (Å²) in [4.78, 5) is 19.3. The van der Waals surface area contributed by atoms with Gasteiger partial charge in [-0.05, 0) is 23.8 Å². The summed E-state index contributed by atoms with van der Waals surface area (Å²) in [6, 6.07) is 9.95. The Labute approximate surface area is 125 Å². The summed E-state index contributed by atoms with van der Waals surface area (Å²) >= 11 is 11.5. The second-order valence-electron chi connectivity index (χ2n) is 3.97. The molecule has 0 aliphatic heterocycles. The van der Waals surface area contributed by atoms with Crippen LogP contribution in [0.15, 0.2) is 47.6 Å². The zero-order valence-corrected chi connectivity index (χ0v) is 11.8. The Hall–Kier alpha value is -1.91. The van der Waals surface area contributed by atoms with Gasteiger partial charge in [0.25, 0.3) is 0 Å². The van der Waals surface area contributed by atoms with Gasteiger partial charge in [-0.15, -0.1) is 0 Å². The minimum atomic E-state index is -1.10. The van der Waals surface area contributed by atoms with E-state index in [-0.39, 0.29) is 12.3 Å². The molecule has 0 bridgehead atoms. The molecule has 1 N–H and O–H groups in total. The van der Waals surface area contributed by atoms with Crippen LogP contribution in [0.3, 0.4) is 0 Å². The monoisotopic (exact) mass is 308 g/mol. The number of carboxylic acids is 1. The van der Waals surface area contributed by atoms with Crippen LogP contribution in [0.4, 0.5) is 0 Å². The molecule has 0 spiro atoms. The molecule has 0 aliphatic carbocycles. The lowest BCUT2D eigenvalue weighted by Crippen LogP contribution is -2.14. The van der Waals surface area contributed by atoms with E-state index in [2.05, 4.69) is 9.98 Å². The summed E-state index contributed by atoms with van der Waals surface area (Å²) < 4.78 is 0. The normalized spacial score (nSPS) is 11.4. The Morgan fingerprint density at radius 2 is 2.05 bits per heavy atom. The summed E-state index contributed by atoms with van der Waals surface area (Å²) in [6.45, 7) is 0.207. The molecular weight excluding hydrogens is 299 g/mol.